The Labute approximate surface area is 112 Å². The fraction of sp³-hybridized carbons (Fsp3) is 0.385. The van der Waals surface area contributed by atoms with Gasteiger partial charge in [-0.2, -0.15) is 5.10 Å². The first-order valence-electron chi connectivity index (χ1n) is 5.84. The highest BCUT2D eigenvalue weighted by molar-refractivity contribution is 6.29. The number of rotatable bonds is 3. The van der Waals surface area contributed by atoms with Gasteiger partial charge in [-0.1, -0.05) is 11.6 Å². The smallest absolute Gasteiger partial charge is 0.131 e. The summed E-state index contributed by atoms with van der Waals surface area (Å²) in [5.74, 6) is 0. The topological polar surface area (TPSA) is 42.7 Å². The maximum absolute atomic E-state index is 5.82. The number of nitrogens with zero attached hydrogens (tertiary/aromatic N) is 3. The molecule has 0 spiro atoms. The molecule has 2 heterocycles. The first-order valence-corrected chi connectivity index (χ1v) is 6.22. The first kappa shape index (κ1) is 12.9. The van der Waals surface area contributed by atoms with Crippen molar-refractivity contribution in [2.75, 3.05) is 5.32 Å². The van der Waals surface area contributed by atoms with Crippen molar-refractivity contribution in [2.24, 2.45) is 0 Å². The van der Waals surface area contributed by atoms with Crippen molar-refractivity contribution in [2.45, 2.75) is 32.9 Å². The molecule has 2 aromatic heterocycles. The third-order valence-electron chi connectivity index (χ3n) is 2.55. The van der Waals surface area contributed by atoms with Crippen molar-refractivity contribution in [1.29, 1.82) is 0 Å². The summed E-state index contributed by atoms with van der Waals surface area (Å²) in [5.41, 5.74) is 2.11. The summed E-state index contributed by atoms with van der Waals surface area (Å²) >= 11 is 5.82. The number of hydrogen-bond acceptors (Lipinski definition) is 3. The van der Waals surface area contributed by atoms with Crippen molar-refractivity contribution in [1.82, 2.24) is 14.8 Å². The van der Waals surface area contributed by atoms with Gasteiger partial charge < -0.3 is 5.32 Å². The lowest BCUT2D eigenvalue weighted by atomic mass is 10.1. The van der Waals surface area contributed by atoms with Crippen LogP contribution in [0, 0.1) is 0 Å². The van der Waals surface area contributed by atoms with E-state index >= 15 is 0 Å². The second-order valence-corrected chi connectivity index (χ2v) is 5.57. The number of pyridine rings is 1. The predicted octanol–water partition coefficient (Wildman–Crippen LogP) is 3.30. The second-order valence-electron chi connectivity index (χ2n) is 5.18. The molecule has 4 nitrogen and oxygen atoms in total. The van der Waals surface area contributed by atoms with Crippen molar-refractivity contribution in [3.8, 4) is 0 Å². The Hall–Kier alpha value is -1.55. The van der Waals surface area contributed by atoms with Crippen molar-refractivity contribution >= 4 is 17.3 Å². The molecule has 0 saturated heterocycles. The lowest BCUT2D eigenvalue weighted by molar-refractivity contribution is 0.355. The Bertz CT molecular complexity index is 528. The van der Waals surface area contributed by atoms with Gasteiger partial charge in [0.05, 0.1) is 11.7 Å². The minimum atomic E-state index is 0.0121. The van der Waals surface area contributed by atoms with Gasteiger partial charge >= 0.3 is 0 Å². The Morgan fingerprint density at radius 3 is 2.78 bits per heavy atom. The van der Waals surface area contributed by atoms with Crippen LogP contribution in [-0.4, -0.2) is 14.8 Å². The molecule has 0 aromatic carbocycles. The van der Waals surface area contributed by atoms with Gasteiger partial charge in [0.1, 0.15) is 5.15 Å². The van der Waals surface area contributed by atoms with E-state index in [-0.39, 0.29) is 5.54 Å². The molecule has 0 radical (unpaired) electrons. The molecule has 96 valence electrons. The van der Waals surface area contributed by atoms with Gasteiger partial charge in [-0.25, -0.2) is 4.98 Å². The molecule has 2 rings (SSSR count). The molecule has 0 bridgehead atoms. The minimum absolute atomic E-state index is 0.0121. The number of anilines is 1. The number of aromatic nitrogens is 3. The lowest BCUT2D eigenvalue weighted by Crippen LogP contribution is -2.21. The molecule has 0 aliphatic heterocycles. The van der Waals surface area contributed by atoms with Crippen molar-refractivity contribution in [3.05, 3.63) is 41.4 Å². The molecule has 0 fully saturated rings. The van der Waals surface area contributed by atoms with Crippen LogP contribution in [-0.2, 0) is 12.1 Å². The molecule has 5 heteroatoms. The Balaban J connectivity index is 2.01. The highest BCUT2D eigenvalue weighted by Crippen LogP contribution is 2.15. The summed E-state index contributed by atoms with van der Waals surface area (Å²) in [5, 5.41) is 8.14. The van der Waals surface area contributed by atoms with Crippen LogP contribution in [0.15, 0.2) is 30.7 Å². The summed E-state index contributed by atoms with van der Waals surface area (Å²) in [7, 11) is 0. The van der Waals surface area contributed by atoms with Gasteiger partial charge in [-0.05, 0) is 32.9 Å². The summed E-state index contributed by atoms with van der Waals surface area (Å²) in [4.78, 5) is 3.94. The normalized spacial score (nSPS) is 11.6. The average molecular weight is 265 g/mol. The van der Waals surface area contributed by atoms with E-state index in [0.29, 0.717) is 5.15 Å². The van der Waals surface area contributed by atoms with Crippen molar-refractivity contribution in [3.63, 3.8) is 0 Å². The molecule has 18 heavy (non-hydrogen) atoms. The Morgan fingerprint density at radius 2 is 2.17 bits per heavy atom. The van der Waals surface area contributed by atoms with Crippen LogP contribution in [0.25, 0.3) is 0 Å². The van der Waals surface area contributed by atoms with Crippen LogP contribution in [0.1, 0.15) is 26.3 Å². The molecule has 2 aromatic rings. The van der Waals surface area contributed by atoms with Gasteiger partial charge in [0.2, 0.25) is 0 Å². The fourth-order valence-electron chi connectivity index (χ4n) is 1.53. The molecular weight excluding hydrogens is 248 g/mol. The number of halogens is 1. The molecule has 1 N–H and O–H groups in total. The van der Waals surface area contributed by atoms with Crippen LogP contribution in [0.4, 0.5) is 5.69 Å². The van der Waals surface area contributed by atoms with Gasteiger partial charge in [-0.15, -0.1) is 0 Å². The zero-order valence-corrected chi connectivity index (χ0v) is 11.6. The highest BCUT2D eigenvalue weighted by atomic mass is 35.5. The van der Waals surface area contributed by atoms with E-state index in [1.165, 1.54) is 0 Å². The highest BCUT2D eigenvalue weighted by Gasteiger charge is 2.13. The largest absolute Gasteiger partial charge is 0.381 e. The Morgan fingerprint density at radius 1 is 1.39 bits per heavy atom. The third-order valence-corrected chi connectivity index (χ3v) is 2.75. The number of hydrogen-bond donors (Lipinski definition) is 1. The van der Waals surface area contributed by atoms with Crippen LogP contribution in [0.3, 0.4) is 0 Å². The van der Waals surface area contributed by atoms with E-state index in [1.54, 1.807) is 12.3 Å². The van der Waals surface area contributed by atoms with Crippen LogP contribution >= 0.6 is 11.6 Å². The van der Waals surface area contributed by atoms with Crippen LogP contribution < -0.4 is 5.32 Å². The zero-order valence-electron chi connectivity index (χ0n) is 10.8. The van der Waals surface area contributed by atoms with Crippen LogP contribution in [0.5, 0.6) is 0 Å². The Kier molecular flexibility index (Phi) is 3.57. The van der Waals surface area contributed by atoms with E-state index < -0.39 is 0 Å². The van der Waals surface area contributed by atoms with E-state index in [4.69, 9.17) is 11.6 Å². The molecule has 0 aliphatic rings. The summed E-state index contributed by atoms with van der Waals surface area (Å²) < 4.78 is 1.96. The van der Waals surface area contributed by atoms with E-state index in [1.807, 2.05) is 16.9 Å². The summed E-state index contributed by atoms with van der Waals surface area (Å²) in [6.45, 7) is 7.09. The van der Waals surface area contributed by atoms with E-state index in [0.717, 1.165) is 17.8 Å². The predicted molar refractivity (Wildman–Crippen MR) is 73.8 cm³/mol. The summed E-state index contributed by atoms with van der Waals surface area (Å²) in [6.07, 6.45) is 5.61. The standard InChI is InChI=1S/C13H17ClN4/c1-13(2,3)18-9-10(8-17-18)7-16-11-4-5-15-12(14)6-11/h4-6,8-9H,7H2,1-3H3,(H,15,16). The van der Waals surface area contributed by atoms with E-state index in [2.05, 4.69) is 42.4 Å². The van der Waals surface area contributed by atoms with Crippen molar-refractivity contribution < 1.29 is 0 Å². The molecule has 0 atom stereocenters. The third kappa shape index (κ3) is 3.23. The summed E-state index contributed by atoms with van der Waals surface area (Å²) in [6, 6.07) is 3.69. The van der Waals surface area contributed by atoms with Crippen LogP contribution in [0.2, 0.25) is 5.15 Å². The molecular formula is C13H17ClN4. The lowest BCUT2D eigenvalue weighted by Gasteiger charge is -2.18. The zero-order chi connectivity index (χ0) is 13.2. The SMILES string of the molecule is CC(C)(C)n1cc(CNc2ccnc(Cl)c2)cn1. The van der Waals surface area contributed by atoms with Gasteiger partial charge in [0, 0.05) is 30.2 Å². The fourth-order valence-corrected chi connectivity index (χ4v) is 1.71. The molecule has 0 unspecified atom stereocenters. The average Bonchev–Trinajstić information content (AvgIpc) is 2.74. The van der Waals surface area contributed by atoms with Gasteiger partial charge in [0.25, 0.3) is 0 Å². The quantitative estimate of drug-likeness (QED) is 0.865. The first-order chi connectivity index (χ1) is 8.45. The maximum Gasteiger partial charge on any atom is 0.131 e. The molecule has 0 saturated carbocycles. The minimum Gasteiger partial charge on any atom is -0.381 e. The maximum atomic E-state index is 5.82. The van der Waals surface area contributed by atoms with Gasteiger partial charge in [-0.3, -0.25) is 4.68 Å². The van der Waals surface area contributed by atoms with Gasteiger partial charge in [0.15, 0.2) is 0 Å². The molecule has 0 aliphatic carbocycles. The van der Waals surface area contributed by atoms with E-state index in [9.17, 15) is 0 Å². The second kappa shape index (κ2) is 4.98. The molecule has 0 amide bonds. The number of nitrogens with one attached hydrogen (secondary N) is 1. The monoisotopic (exact) mass is 264 g/mol.